The molecule has 1 atom stereocenters. The maximum Gasteiger partial charge on any atom is 0.269 e. The van der Waals surface area contributed by atoms with Crippen molar-refractivity contribution in [2.45, 2.75) is 16.6 Å². The molecule has 4 rings (SSSR count). The molecule has 0 unspecified atom stereocenters. The lowest BCUT2D eigenvalue weighted by atomic mass is 10.1. The molecule has 0 spiro atoms. The number of nitrogens with one attached hydrogen (secondary N) is 1. The topological polar surface area (TPSA) is 102 Å². The van der Waals surface area contributed by atoms with Crippen LogP contribution in [-0.2, 0) is 9.59 Å². The van der Waals surface area contributed by atoms with Crippen LogP contribution in [0.2, 0.25) is 0 Å². The van der Waals surface area contributed by atoms with Gasteiger partial charge in [-0.25, -0.2) is 0 Å². The van der Waals surface area contributed by atoms with Crippen LogP contribution in [0.3, 0.4) is 0 Å². The molecule has 0 bridgehead atoms. The van der Waals surface area contributed by atoms with Crippen molar-refractivity contribution in [2.75, 3.05) is 23.9 Å². The van der Waals surface area contributed by atoms with Gasteiger partial charge in [-0.1, -0.05) is 24.3 Å². The van der Waals surface area contributed by atoms with Crippen LogP contribution in [0.1, 0.15) is 17.2 Å². The van der Waals surface area contributed by atoms with Gasteiger partial charge in [0, 0.05) is 34.4 Å². The Balaban J connectivity index is 1.53. The molecule has 9 heteroatoms. The standard InChI is InChI=1S/C24H21N3O5S/c1-32-19-12-6-16(7-13-19)22-14-24(29)26(20-4-2-3-5-21(20)33-22)15-23(28)25-17-8-10-18(11-9-17)27(30)31/h2-13,22H,14-15H2,1H3,(H,25,28)/t22-/m0/s1. The number of rotatable bonds is 6. The summed E-state index contributed by atoms with van der Waals surface area (Å²) < 4.78 is 5.23. The highest BCUT2D eigenvalue weighted by molar-refractivity contribution is 7.99. The molecule has 0 aromatic heterocycles. The highest BCUT2D eigenvalue weighted by atomic mass is 32.2. The third-order valence-electron chi connectivity index (χ3n) is 5.24. The Labute approximate surface area is 194 Å². The zero-order valence-electron chi connectivity index (χ0n) is 17.8. The van der Waals surface area contributed by atoms with E-state index in [1.165, 1.54) is 29.2 Å². The van der Waals surface area contributed by atoms with Crippen molar-refractivity contribution in [2.24, 2.45) is 0 Å². The highest BCUT2D eigenvalue weighted by Crippen LogP contribution is 2.45. The summed E-state index contributed by atoms with van der Waals surface area (Å²) in [5.74, 6) is 0.195. The molecule has 0 saturated carbocycles. The minimum atomic E-state index is -0.505. The molecule has 33 heavy (non-hydrogen) atoms. The molecule has 0 saturated heterocycles. The first-order valence-electron chi connectivity index (χ1n) is 10.2. The van der Waals surface area contributed by atoms with E-state index in [0.29, 0.717) is 11.4 Å². The summed E-state index contributed by atoms with van der Waals surface area (Å²) in [4.78, 5) is 38.7. The molecule has 0 fully saturated rings. The van der Waals surface area contributed by atoms with Crippen LogP contribution in [0, 0.1) is 10.1 Å². The van der Waals surface area contributed by atoms with E-state index in [4.69, 9.17) is 4.74 Å². The number of benzene rings is 3. The number of hydrogen-bond donors (Lipinski definition) is 1. The third-order valence-corrected chi connectivity index (χ3v) is 6.56. The fraction of sp³-hybridized carbons (Fsp3) is 0.167. The van der Waals surface area contributed by atoms with E-state index < -0.39 is 4.92 Å². The van der Waals surface area contributed by atoms with Crippen molar-refractivity contribution in [3.63, 3.8) is 0 Å². The number of amides is 2. The predicted octanol–water partition coefficient (Wildman–Crippen LogP) is 4.81. The van der Waals surface area contributed by atoms with Gasteiger partial charge in [0.15, 0.2) is 0 Å². The van der Waals surface area contributed by atoms with Gasteiger partial charge in [0.25, 0.3) is 5.69 Å². The van der Waals surface area contributed by atoms with Crippen molar-refractivity contribution in [1.82, 2.24) is 0 Å². The number of ether oxygens (including phenoxy) is 1. The lowest BCUT2D eigenvalue weighted by Crippen LogP contribution is -2.38. The maximum absolute atomic E-state index is 13.2. The first kappa shape index (κ1) is 22.3. The van der Waals surface area contributed by atoms with Gasteiger partial charge in [-0.3, -0.25) is 19.7 Å². The Hall–Kier alpha value is -3.85. The summed E-state index contributed by atoms with van der Waals surface area (Å²) in [5.41, 5.74) is 2.04. The Kier molecular flexibility index (Phi) is 6.60. The lowest BCUT2D eigenvalue weighted by molar-refractivity contribution is -0.384. The monoisotopic (exact) mass is 463 g/mol. The molecular formula is C24H21N3O5S. The van der Waals surface area contributed by atoms with E-state index in [0.717, 1.165) is 16.2 Å². The number of non-ortho nitro benzene ring substituents is 1. The smallest absolute Gasteiger partial charge is 0.269 e. The first-order valence-corrected chi connectivity index (χ1v) is 11.1. The Morgan fingerprint density at radius 1 is 1.12 bits per heavy atom. The second-order valence-corrected chi connectivity index (χ2v) is 8.63. The second-order valence-electron chi connectivity index (χ2n) is 7.38. The summed E-state index contributed by atoms with van der Waals surface area (Å²) in [5, 5.41) is 13.4. The van der Waals surface area contributed by atoms with Gasteiger partial charge in [-0.15, -0.1) is 11.8 Å². The summed E-state index contributed by atoms with van der Waals surface area (Å²) in [6.07, 6.45) is 0.233. The Morgan fingerprint density at radius 2 is 1.82 bits per heavy atom. The minimum absolute atomic E-state index is 0.0637. The van der Waals surface area contributed by atoms with E-state index in [9.17, 15) is 19.7 Å². The largest absolute Gasteiger partial charge is 0.497 e. The van der Waals surface area contributed by atoms with E-state index in [-0.39, 0.29) is 35.7 Å². The molecule has 168 valence electrons. The van der Waals surface area contributed by atoms with Crippen molar-refractivity contribution in [3.8, 4) is 5.75 Å². The quantitative estimate of drug-likeness (QED) is 0.416. The number of para-hydroxylation sites is 1. The molecule has 1 heterocycles. The van der Waals surface area contributed by atoms with Crippen LogP contribution in [0.15, 0.2) is 77.7 Å². The molecular weight excluding hydrogens is 442 g/mol. The van der Waals surface area contributed by atoms with Crippen LogP contribution in [0.5, 0.6) is 5.75 Å². The van der Waals surface area contributed by atoms with Crippen LogP contribution < -0.4 is 15.0 Å². The second kappa shape index (κ2) is 9.74. The Bertz CT molecular complexity index is 1180. The van der Waals surface area contributed by atoms with Gasteiger partial charge < -0.3 is 15.0 Å². The van der Waals surface area contributed by atoms with Gasteiger partial charge in [0.1, 0.15) is 12.3 Å². The zero-order valence-corrected chi connectivity index (χ0v) is 18.6. The maximum atomic E-state index is 13.2. The summed E-state index contributed by atoms with van der Waals surface area (Å²) in [7, 11) is 1.61. The number of fused-ring (bicyclic) bond motifs is 1. The molecule has 0 radical (unpaired) electrons. The molecule has 3 aromatic rings. The lowest BCUT2D eigenvalue weighted by Gasteiger charge is -2.22. The normalized spacial score (nSPS) is 15.4. The molecule has 2 amide bonds. The van der Waals surface area contributed by atoms with Crippen LogP contribution in [0.4, 0.5) is 17.1 Å². The number of methoxy groups -OCH3 is 1. The molecule has 1 aliphatic heterocycles. The first-order chi connectivity index (χ1) is 15.9. The number of thioether (sulfide) groups is 1. The van der Waals surface area contributed by atoms with Gasteiger partial charge in [0.2, 0.25) is 11.8 Å². The van der Waals surface area contributed by atoms with Crippen molar-refractivity contribution < 1.29 is 19.2 Å². The number of hydrogen-bond acceptors (Lipinski definition) is 6. The third kappa shape index (κ3) is 5.15. The van der Waals surface area contributed by atoms with Crippen molar-refractivity contribution >= 4 is 40.6 Å². The van der Waals surface area contributed by atoms with Crippen LogP contribution in [0.25, 0.3) is 0 Å². The fourth-order valence-electron chi connectivity index (χ4n) is 3.57. The molecule has 0 aliphatic carbocycles. The van der Waals surface area contributed by atoms with Gasteiger partial charge in [-0.05, 0) is 42.0 Å². The van der Waals surface area contributed by atoms with Crippen molar-refractivity contribution in [3.05, 3.63) is 88.5 Å². The summed E-state index contributed by atoms with van der Waals surface area (Å²) in [6, 6.07) is 20.7. The number of nitro groups is 1. The van der Waals surface area contributed by atoms with E-state index in [1.54, 1.807) is 18.9 Å². The van der Waals surface area contributed by atoms with Gasteiger partial charge in [0.05, 0.1) is 17.7 Å². The summed E-state index contributed by atoms with van der Waals surface area (Å²) in [6.45, 7) is -0.164. The fourth-order valence-corrected chi connectivity index (χ4v) is 4.85. The van der Waals surface area contributed by atoms with Crippen molar-refractivity contribution in [1.29, 1.82) is 0 Å². The van der Waals surface area contributed by atoms with Gasteiger partial charge >= 0.3 is 0 Å². The Morgan fingerprint density at radius 3 is 2.48 bits per heavy atom. The minimum Gasteiger partial charge on any atom is -0.497 e. The number of nitro benzene ring substituents is 1. The van der Waals surface area contributed by atoms with Crippen LogP contribution >= 0.6 is 11.8 Å². The SMILES string of the molecule is COc1ccc([C@@H]2CC(=O)N(CC(=O)Nc3ccc([N+](=O)[O-])cc3)c3ccccc3S2)cc1. The average Bonchev–Trinajstić information content (AvgIpc) is 2.96. The highest BCUT2D eigenvalue weighted by Gasteiger charge is 2.30. The average molecular weight is 464 g/mol. The molecule has 1 N–H and O–H groups in total. The number of nitrogens with zero attached hydrogens (tertiary/aromatic N) is 2. The zero-order chi connectivity index (χ0) is 23.4. The molecule has 1 aliphatic rings. The van der Waals surface area contributed by atoms with Gasteiger partial charge in [-0.2, -0.15) is 0 Å². The van der Waals surface area contributed by atoms with E-state index in [1.807, 2.05) is 48.5 Å². The predicted molar refractivity (Wildman–Crippen MR) is 127 cm³/mol. The van der Waals surface area contributed by atoms with Crippen LogP contribution in [-0.4, -0.2) is 30.4 Å². The number of carbonyl (C=O) groups excluding carboxylic acids is 2. The summed E-state index contributed by atoms with van der Waals surface area (Å²) >= 11 is 1.59. The molecule has 8 nitrogen and oxygen atoms in total. The molecule has 3 aromatic carbocycles. The number of anilines is 2. The number of carbonyl (C=O) groups is 2. The van der Waals surface area contributed by atoms with E-state index in [2.05, 4.69) is 5.32 Å². The van der Waals surface area contributed by atoms with E-state index >= 15 is 0 Å².